The highest BCUT2D eigenvalue weighted by molar-refractivity contribution is 7.96. The number of carbonyl (C=O) groups excluding carboxylic acids is 1. The zero-order valence-corrected chi connectivity index (χ0v) is 13.7. The molecule has 2 rings (SSSR count). The Morgan fingerprint density at radius 3 is 2.73 bits per heavy atom. The Hall–Kier alpha value is -1.82. The molecule has 22 heavy (non-hydrogen) atoms. The molecule has 5 nitrogen and oxygen atoms in total. The first-order valence-corrected chi connectivity index (χ1v) is 8.91. The molecule has 0 heterocycles. The summed E-state index contributed by atoms with van der Waals surface area (Å²) in [6.45, 7) is 1.82. The number of hydrogen-bond donors (Lipinski definition) is 1. The fourth-order valence-corrected chi connectivity index (χ4v) is 4.59. The Kier molecular flexibility index (Phi) is 5.24. The van der Waals surface area contributed by atoms with Crippen LogP contribution in [0.5, 0.6) is 0 Å². The van der Waals surface area contributed by atoms with Crippen molar-refractivity contribution >= 4 is 15.8 Å². The van der Waals surface area contributed by atoms with Crippen LogP contribution >= 0.6 is 0 Å². The van der Waals surface area contributed by atoms with Crippen LogP contribution in [-0.4, -0.2) is 23.5 Å². The molecule has 0 aliphatic heterocycles. The van der Waals surface area contributed by atoms with Crippen LogP contribution in [0.25, 0.3) is 0 Å². The summed E-state index contributed by atoms with van der Waals surface area (Å²) in [7, 11) is -1.02. The predicted molar refractivity (Wildman–Crippen MR) is 86.8 cm³/mol. The van der Waals surface area contributed by atoms with E-state index in [2.05, 4.69) is 4.36 Å². The first-order valence-electron chi connectivity index (χ1n) is 7.33. The molecule has 3 atom stereocenters. The van der Waals surface area contributed by atoms with Crippen LogP contribution in [0.15, 0.2) is 50.6 Å². The molecule has 2 N–H and O–H groups in total. The lowest BCUT2D eigenvalue weighted by Crippen LogP contribution is -2.26. The van der Waals surface area contributed by atoms with Crippen molar-refractivity contribution in [3.63, 3.8) is 0 Å². The minimum absolute atomic E-state index is 0.0544. The molecule has 1 aliphatic rings. The van der Waals surface area contributed by atoms with Crippen LogP contribution in [0, 0.1) is 5.92 Å². The van der Waals surface area contributed by atoms with Crippen molar-refractivity contribution in [3.05, 3.63) is 41.3 Å². The third kappa shape index (κ3) is 3.68. The number of nitrogens with zero attached hydrogens (tertiary/aromatic N) is 1. The summed E-state index contributed by atoms with van der Waals surface area (Å²) >= 11 is 0. The van der Waals surface area contributed by atoms with Crippen LogP contribution < -0.4 is 5.73 Å². The van der Waals surface area contributed by atoms with E-state index >= 15 is 0 Å². The summed E-state index contributed by atoms with van der Waals surface area (Å²) in [5.74, 6) is 0.0544. The molecular weight excluding hydrogens is 300 g/mol. The zero-order valence-electron chi connectivity index (χ0n) is 12.9. The fourth-order valence-electron chi connectivity index (χ4n) is 2.89. The van der Waals surface area contributed by atoms with Crippen LogP contribution in [-0.2, 0) is 14.5 Å². The minimum atomic E-state index is -2.59. The van der Waals surface area contributed by atoms with Crippen molar-refractivity contribution in [2.45, 2.75) is 37.2 Å². The summed E-state index contributed by atoms with van der Waals surface area (Å²) in [5.41, 5.74) is 6.13. The molecule has 1 saturated carbocycles. The van der Waals surface area contributed by atoms with Crippen LogP contribution in [0.3, 0.4) is 0 Å². The SMILES string of the molecule is CN=S(=O)(/C=C1\CCC[C@@H]1[C@@H](C)OC(N)=O)c1ccccc1. The van der Waals surface area contributed by atoms with Gasteiger partial charge < -0.3 is 10.5 Å². The number of benzene rings is 1. The molecule has 6 heteroatoms. The lowest BCUT2D eigenvalue weighted by Gasteiger charge is -2.20. The number of nitrogens with two attached hydrogens (primary N) is 1. The summed E-state index contributed by atoms with van der Waals surface area (Å²) in [5, 5.41) is 1.76. The maximum atomic E-state index is 13.1. The van der Waals surface area contributed by atoms with Gasteiger partial charge in [-0.2, -0.15) is 0 Å². The average Bonchev–Trinajstić information content (AvgIpc) is 2.95. The first-order chi connectivity index (χ1) is 10.5. The maximum absolute atomic E-state index is 13.1. The van der Waals surface area contributed by atoms with E-state index in [1.165, 1.54) is 0 Å². The Balaban J connectivity index is 2.33. The number of amides is 1. The van der Waals surface area contributed by atoms with Gasteiger partial charge in [0, 0.05) is 18.4 Å². The van der Waals surface area contributed by atoms with E-state index in [0.717, 1.165) is 24.8 Å². The zero-order chi connectivity index (χ0) is 16.2. The highest BCUT2D eigenvalue weighted by Crippen LogP contribution is 2.36. The minimum Gasteiger partial charge on any atom is -0.446 e. The van der Waals surface area contributed by atoms with Gasteiger partial charge in [0.05, 0.1) is 14.6 Å². The van der Waals surface area contributed by atoms with E-state index < -0.39 is 15.8 Å². The summed E-state index contributed by atoms with van der Waals surface area (Å²) in [6.07, 6.45) is 1.63. The van der Waals surface area contributed by atoms with Crippen molar-refractivity contribution < 1.29 is 13.7 Å². The number of carbonyl (C=O) groups is 1. The van der Waals surface area contributed by atoms with Crippen LogP contribution in [0.2, 0.25) is 0 Å². The Morgan fingerprint density at radius 1 is 1.45 bits per heavy atom. The summed E-state index contributed by atoms with van der Waals surface area (Å²) < 4.78 is 22.3. The van der Waals surface area contributed by atoms with Crippen molar-refractivity contribution in [2.24, 2.45) is 16.0 Å². The molecule has 120 valence electrons. The molecule has 0 spiro atoms. The van der Waals surface area contributed by atoms with E-state index in [1.807, 2.05) is 37.3 Å². The Bertz CT molecular complexity index is 676. The third-order valence-electron chi connectivity index (χ3n) is 3.99. The molecule has 1 aliphatic carbocycles. The molecule has 0 radical (unpaired) electrons. The van der Waals surface area contributed by atoms with Crippen molar-refractivity contribution in [1.29, 1.82) is 0 Å². The standard InChI is InChI=1S/C16H22N2O3S/c1-12(21-16(17)19)15-10-6-7-13(15)11-22(20,18-2)14-8-4-3-5-9-14/h3-5,8-9,11-12,15H,6-7,10H2,1-2H3,(H2,17,19)/b13-11+/t12-,15-,22?/m1/s1. The van der Waals surface area contributed by atoms with Gasteiger partial charge in [-0.15, -0.1) is 0 Å². The molecule has 1 unspecified atom stereocenters. The van der Waals surface area contributed by atoms with Gasteiger partial charge in [-0.25, -0.2) is 13.4 Å². The van der Waals surface area contributed by atoms with E-state index in [4.69, 9.17) is 10.5 Å². The average molecular weight is 322 g/mol. The van der Waals surface area contributed by atoms with Gasteiger partial charge in [0.25, 0.3) is 0 Å². The van der Waals surface area contributed by atoms with E-state index in [0.29, 0.717) is 4.90 Å². The monoisotopic (exact) mass is 322 g/mol. The molecular formula is C16H22N2O3S. The van der Waals surface area contributed by atoms with Gasteiger partial charge in [0.1, 0.15) is 6.10 Å². The topological polar surface area (TPSA) is 81.8 Å². The Labute approximate surface area is 131 Å². The lowest BCUT2D eigenvalue weighted by molar-refractivity contribution is 0.0915. The number of primary amides is 1. The second-order valence-electron chi connectivity index (χ2n) is 5.40. The van der Waals surface area contributed by atoms with Gasteiger partial charge in [0.15, 0.2) is 0 Å². The molecule has 1 aromatic rings. The van der Waals surface area contributed by atoms with E-state index in [-0.39, 0.29) is 12.0 Å². The Morgan fingerprint density at radius 2 is 2.14 bits per heavy atom. The number of ether oxygens (including phenoxy) is 1. The second-order valence-corrected chi connectivity index (χ2v) is 7.61. The first kappa shape index (κ1) is 16.5. The lowest BCUT2D eigenvalue weighted by atomic mass is 9.98. The van der Waals surface area contributed by atoms with Crippen molar-refractivity contribution in [3.8, 4) is 0 Å². The summed E-state index contributed by atoms with van der Waals surface area (Å²) in [4.78, 5) is 11.6. The molecule has 1 amide bonds. The maximum Gasteiger partial charge on any atom is 0.404 e. The number of rotatable bonds is 4. The van der Waals surface area contributed by atoms with Gasteiger partial charge in [0.2, 0.25) is 0 Å². The smallest absolute Gasteiger partial charge is 0.404 e. The number of hydrogen-bond acceptors (Lipinski definition) is 4. The largest absolute Gasteiger partial charge is 0.446 e. The van der Waals surface area contributed by atoms with Crippen molar-refractivity contribution in [2.75, 3.05) is 7.05 Å². The quantitative estimate of drug-likeness (QED) is 0.923. The highest BCUT2D eigenvalue weighted by Gasteiger charge is 2.29. The second kappa shape index (κ2) is 6.96. The van der Waals surface area contributed by atoms with Gasteiger partial charge in [-0.3, -0.25) is 0 Å². The predicted octanol–water partition coefficient (Wildman–Crippen LogP) is 3.31. The van der Waals surface area contributed by atoms with Crippen LogP contribution in [0.4, 0.5) is 4.79 Å². The van der Waals surface area contributed by atoms with Gasteiger partial charge in [-0.1, -0.05) is 23.8 Å². The van der Waals surface area contributed by atoms with E-state index in [9.17, 15) is 9.00 Å². The molecule has 0 saturated heterocycles. The highest BCUT2D eigenvalue weighted by atomic mass is 32.2. The molecule has 0 bridgehead atoms. The molecule has 0 aromatic heterocycles. The fraction of sp³-hybridized carbons (Fsp3) is 0.438. The van der Waals surface area contributed by atoms with E-state index in [1.54, 1.807) is 12.5 Å². The van der Waals surface area contributed by atoms with Gasteiger partial charge in [-0.05, 0) is 38.3 Å². The summed E-state index contributed by atoms with van der Waals surface area (Å²) in [6, 6.07) is 9.22. The normalized spacial score (nSPS) is 23.7. The molecule has 1 aromatic carbocycles. The third-order valence-corrected chi connectivity index (χ3v) is 6.10. The molecule has 1 fully saturated rings. The van der Waals surface area contributed by atoms with Gasteiger partial charge >= 0.3 is 6.09 Å². The van der Waals surface area contributed by atoms with Crippen LogP contribution in [0.1, 0.15) is 26.2 Å². The van der Waals surface area contributed by atoms with Crippen molar-refractivity contribution in [1.82, 2.24) is 0 Å².